The van der Waals surface area contributed by atoms with E-state index in [0.29, 0.717) is 12.0 Å². The minimum atomic E-state index is -0.826. The molecule has 3 heteroatoms. The molecule has 0 saturated heterocycles. The first kappa shape index (κ1) is 13.3. The van der Waals surface area contributed by atoms with Gasteiger partial charge in [0.25, 0.3) is 0 Å². The summed E-state index contributed by atoms with van der Waals surface area (Å²) < 4.78 is 27.0. The zero-order valence-electron chi connectivity index (χ0n) is 11.0. The fraction of sp³-hybridized carbons (Fsp3) is 0.294. The number of halogens is 2. The number of hydrogen-bond acceptors (Lipinski definition) is 1. The van der Waals surface area contributed by atoms with Gasteiger partial charge in [0, 0.05) is 0 Å². The minimum absolute atomic E-state index is 0.0683. The first-order chi connectivity index (χ1) is 9.66. The Labute approximate surface area is 116 Å². The third-order valence-electron chi connectivity index (χ3n) is 4.12. The molecule has 0 fully saturated rings. The lowest BCUT2D eigenvalue weighted by atomic mass is 9.78. The third-order valence-corrected chi connectivity index (χ3v) is 4.12. The molecule has 0 spiro atoms. The van der Waals surface area contributed by atoms with Crippen LogP contribution in [0.3, 0.4) is 0 Å². The Morgan fingerprint density at radius 2 is 1.85 bits per heavy atom. The molecule has 0 bridgehead atoms. The van der Waals surface area contributed by atoms with Crippen molar-refractivity contribution in [1.82, 2.24) is 0 Å². The van der Waals surface area contributed by atoms with Crippen molar-refractivity contribution in [2.75, 3.05) is 0 Å². The highest BCUT2D eigenvalue weighted by atomic mass is 19.2. The van der Waals surface area contributed by atoms with Gasteiger partial charge in [-0.2, -0.15) is 0 Å². The summed E-state index contributed by atoms with van der Waals surface area (Å²) >= 11 is 0. The second-order valence-electron chi connectivity index (χ2n) is 5.36. The molecule has 1 nitrogen and oxygen atoms in total. The van der Waals surface area contributed by atoms with Crippen molar-refractivity contribution in [3.63, 3.8) is 0 Å². The Morgan fingerprint density at radius 1 is 1.05 bits per heavy atom. The minimum Gasteiger partial charge on any atom is -0.388 e. The molecular weight excluding hydrogens is 258 g/mol. The average molecular weight is 274 g/mol. The van der Waals surface area contributed by atoms with Gasteiger partial charge >= 0.3 is 0 Å². The first-order valence-electron chi connectivity index (χ1n) is 6.85. The lowest BCUT2D eigenvalue weighted by Gasteiger charge is -2.30. The van der Waals surface area contributed by atoms with Gasteiger partial charge in [-0.05, 0) is 47.9 Å². The van der Waals surface area contributed by atoms with E-state index in [1.165, 1.54) is 6.07 Å². The number of aliphatic hydroxyl groups excluding tert-OH is 1. The molecule has 2 unspecified atom stereocenters. The molecule has 0 aromatic heterocycles. The summed E-state index contributed by atoms with van der Waals surface area (Å²) in [5, 5.41) is 10.4. The summed E-state index contributed by atoms with van der Waals surface area (Å²) in [7, 11) is 0. The summed E-state index contributed by atoms with van der Waals surface area (Å²) in [6.07, 6.45) is 1.41. The van der Waals surface area contributed by atoms with Crippen LogP contribution in [0, 0.1) is 17.6 Å². The molecule has 104 valence electrons. The average Bonchev–Trinajstić information content (AvgIpc) is 2.47. The topological polar surface area (TPSA) is 20.2 Å². The fourth-order valence-corrected chi connectivity index (χ4v) is 3.01. The summed E-state index contributed by atoms with van der Waals surface area (Å²) in [6.45, 7) is 0. The van der Waals surface area contributed by atoms with E-state index in [1.807, 2.05) is 24.3 Å². The Hall–Kier alpha value is -1.74. The molecule has 2 aromatic carbocycles. The van der Waals surface area contributed by atoms with Crippen LogP contribution in [-0.4, -0.2) is 5.11 Å². The Bertz CT molecular complexity index is 624. The molecule has 0 heterocycles. The maximum Gasteiger partial charge on any atom is 0.162 e. The highest BCUT2D eigenvalue weighted by Gasteiger charge is 2.28. The molecule has 1 N–H and O–H groups in total. The van der Waals surface area contributed by atoms with E-state index in [1.54, 1.807) is 6.07 Å². The van der Waals surface area contributed by atoms with E-state index in [9.17, 15) is 13.9 Å². The predicted molar refractivity (Wildman–Crippen MR) is 73.3 cm³/mol. The van der Waals surface area contributed by atoms with Crippen molar-refractivity contribution < 1.29 is 13.9 Å². The van der Waals surface area contributed by atoms with Crippen molar-refractivity contribution in [1.29, 1.82) is 0 Å². The van der Waals surface area contributed by atoms with Gasteiger partial charge in [-0.3, -0.25) is 0 Å². The Balaban J connectivity index is 1.85. The molecule has 0 aliphatic heterocycles. The second-order valence-corrected chi connectivity index (χ2v) is 5.36. The summed E-state index contributed by atoms with van der Waals surface area (Å²) in [5.74, 6) is -1.69. The molecular formula is C17H16F2O. The van der Waals surface area contributed by atoms with Crippen LogP contribution in [0.15, 0.2) is 42.5 Å². The summed E-state index contributed by atoms with van der Waals surface area (Å²) in [5.41, 5.74) is 2.41. The smallest absolute Gasteiger partial charge is 0.162 e. The maximum atomic E-state index is 13.7. The van der Waals surface area contributed by atoms with Crippen LogP contribution >= 0.6 is 0 Å². The lowest BCUT2D eigenvalue weighted by Crippen LogP contribution is -2.22. The van der Waals surface area contributed by atoms with Crippen LogP contribution in [-0.2, 0) is 12.8 Å². The van der Waals surface area contributed by atoms with Crippen LogP contribution in [0.5, 0.6) is 0 Å². The number of hydrogen-bond donors (Lipinski definition) is 1. The molecule has 0 saturated carbocycles. The van der Waals surface area contributed by atoms with Crippen LogP contribution in [0.2, 0.25) is 0 Å². The van der Waals surface area contributed by atoms with Crippen LogP contribution in [0.1, 0.15) is 29.2 Å². The second kappa shape index (κ2) is 5.33. The third kappa shape index (κ3) is 2.34. The normalized spacial score (nSPS) is 21.6. The molecule has 3 rings (SSSR count). The van der Waals surface area contributed by atoms with Crippen molar-refractivity contribution in [2.45, 2.75) is 25.4 Å². The quantitative estimate of drug-likeness (QED) is 0.883. The fourth-order valence-electron chi connectivity index (χ4n) is 3.01. The largest absolute Gasteiger partial charge is 0.388 e. The SMILES string of the molecule is OC1c2ccccc2CCC1Cc1cccc(F)c1F. The van der Waals surface area contributed by atoms with Gasteiger partial charge < -0.3 is 5.11 Å². The Kier molecular flexibility index (Phi) is 3.53. The van der Waals surface area contributed by atoms with Gasteiger partial charge in [0.15, 0.2) is 11.6 Å². The Morgan fingerprint density at radius 3 is 2.70 bits per heavy atom. The molecule has 0 radical (unpaired) electrons. The monoisotopic (exact) mass is 274 g/mol. The maximum absolute atomic E-state index is 13.7. The molecule has 20 heavy (non-hydrogen) atoms. The molecule has 2 aromatic rings. The first-order valence-corrected chi connectivity index (χ1v) is 6.85. The zero-order chi connectivity index (χ0) is 14.1. The van der Waals surface area contributed by atoms with Crippen molar-refractivity contribution in [3.05, 3.63) is 70.8 Å². The van der Waals surface area contributed by atoms with E-state index in [2.05, 4.69) is 0 Å². The van der Waals surface area contributed by atoms with Gasteiger partial charge in [0.1, 0.15) is 0 Å². The number of fused-ring (bicyclic) bond motifs is 1. The predicted octanol–water partition coefficient (Wildman–Crippen LogP) is 3.80. The van der Waals surface area contributed by atoms with Gasteiger partial charge in [-0.25, -0.2) is 8.78 Å². The molecule has 1 aliphatic rings. The summed E-state index contributed by atoms with van der Waals surface area (Å²) in [6, 6.07) is 12.0. The highest BCUT2D eigenvalue weighted by Crippen LogP contribution is 2.36. The number of aryl methyl sites for hydroxylation is 1. The van der Waals surface area contributed by atoms with Crippen molar-refractivity contribution >= 4 is 0 Å². The molecule has 0 amide bonds. The van der Waals surface area contributed by atoms with Gasteiger partial charge in [-0.1, -0.05) is 36.4 Å². The van der Waals surface area contributed by atoms with Crippen molar-refractivity contribution in [3.8, 4) is 0 Å². The van der Waals surface area contributed by atoms with E-state index in [0.717, 1.165) is 30.0 Å². The van der Waals surface area contributed by atoms with E-state index >= 15 is 0 Å². The molecule has 2 atom stereocenters. The van der Waals surface area contributed by atoms with E-state index < -0.39 is 17.7 Å². The lowest BCUT2D eigenvalue weighted by molar-refractivity contribution is 0.0931. The van der Waals surface area contributed by atoms with Gasteiger partial charge in [0.2, 0.25) is 0 Å². The van der Waals surface area contributed by atoms with Crippen LogP contribution in [0.25, 0.3) is 0 Å². The summed E-state index contributed by atoms with van der Waals surface area (Å²) in [4.78, 5) is 0. The van der Waals surface area contributed by atoms with E-state index in [4.69, 9.17) is 0 Å². The molecule has 1 aliphatic carbocycles. The standard InChI is InChI=1S/C17H16F2O/c18-15-7-3-5-12(16(15)19)10-13-9-8-11-4-1-2-6-14(11)17(13)20/h1-7,13,17,20H,8-10H2. The van der Waals surface area contributed by atoms with Crippen LogP contribution < -0.4 is 0 Å². The van der Waals surface area contributed by atoms with Crippen LogP contribution in [0.4, 0.5) is 8.78 Å². The number of aliphatic hydroxyl groups is 1. The van der Waals surface area contributed by atoms with E-state index in [-0.39, 0.29) is 5.92 Å². The number of benzene rings is 2. The van der Waals surface area contributed by atoms with Gasteiger partial charge in [-0.15, -0.1) is 0 Å². The number of rotatable bonds is 2. The van der Waals surface area contributed by atoms with Crippen molar-refractivity contribution in [2.24, 2.45) is 5.92 Å². The van der Waals surface area contributed by atoms with Gasteiger partial charge in [0.05, 0.1) is 6.10 Å². The highest BCUT2D eigenvalue weighted by molar-refractivity contribution is 5.32. The zero-order valence-corrected chi connectivity index (χ0v) is 11.0.